The normalized spacial score (nSPS) is 16.3. The summed E-state index contributed by atoms with van der Waals surface area (Å²) in [5.41, 5.74) is 4.24. The van der Waals surface area contributed by atoms with Gasteiger partial charge in [-0.1, -0.05) is 6.92 Å². The molecule has 1 fully saturated rings. The lowest BCUT2D eigenvalue weighted by Crippen LogP contribution is -2.48. The fourth-order valence-corrected chi connectivity index (χ4v) is 1.97. The molecule has 0 spiro atoms. The Morgan fingerprint density at radius 3 is 2.19 bits per heavy atom. The molecular formula is C14H25N3O4. The summed E-state index contributed by atoms with van der Waals surface area (Å²) in [6.45, 7) is 8.13. The van der Waals surface area contributed by atoms with Crippen molar-refractivity contribution >= 4 is 17.9 Å². The number of hydrazine groups is 1. The highest BCUT2D eigenvalue weighted by Crippen LogP contribution is 2.19. The standard InChI is InChI=1S/C14H25N3O4/c1-5-11(18)15-16-12(19)10-6-8-17(9-7-10)13(20)21-14(2,3)4/h10H,5-9H2,1-4H3,(H,15,18)(H,16,19). The summed E-state index contributed by atoms with van der Waals surface area (Å²) in [4.78, 5) is 36.4. The van der Waals surface area contributed by atoms with E-state index in [1.807, 2.05) is 20.8 Å². The zero-order chi connectivity index (χ0) is 16.0. The van der Waals surface area contributed by atoms with E-state index in [9.17, 15) is 14.4 Å². The van der Waals surface area contributed by atoms with Crippen molar-refractivity contribution in [3.8, 4) is 0 Å². The van der Waals surface area contributed by atoms with Crippen LogP contribution in [-0.2, 0) is 14.3 Å². The van der Waals surface area contributed by atoms with Gasteiger partial charge >= 0.3 is 6.09 Å². The molecule has 0 aromatic rings. The average Bonchev–Trinajstić information content (AvgIpc) is 2.42. The molecule has 0 saturated carbocycles. The predicted octanol–water partition coefficient (Wildman–Crippen LogP) is 1.19. The van der Waals surface area contributed by atoms with Crippen LogP contribution in [0.3, 0.4) is 0 Å². The lowest BCUT2D eigenvalue weighted by atomic mass is 9.96. The van der Waals surface area contributed by atoms with Gasteiger partial charge in [-0.15, -0.1) is 0 Å². The molecular weight excluding hydrogens is 274 g/mol. The minimum absolute atomic E-state index is 0.194. The third-order valence-corrected chi connectivity index (χ3v) is 3.16. The topological polar surface area (TPSA) is 87.7 Å². The molecule has 0 aromatic heterocycles. The van der Waals surface area contributed by atoms with Gasteiger partial charge in [-0.05, 0) is 33.6 Å². The lowest BCUT2D eigenvalue weighted by Gasteiger charge is -2.32. The molecule has 0 aromatic carbocycles. The molecule has 1 rings (SSSR count). The van der Waals surface area contributed by atoms with Crippen LogP contribution < -0.4 is 10.9 Å². The first-order valence-corrected chi connectivity index (χ1v) is 7.29. The van der Waals surface area contributed by atoms with Gasteiger partial charge in [-0.3, -0.25) is 20.4 Å². The number of nitrogens with one attached hydrogen (secondary N) is 2. The predicted molar refractivity (Wildman–Crippen MR) is 77.1 cm³/mol. The summed E-state index contributed by atoms with van der Waals surface area (Å²) >= 11 is 0. The maximum Gasteiger partial charge on any atom is 0.410 e. The van der Waals surface area contributed by atoms with Crippen LogP contribution in [0.5, 0.6) is 0 Å². The molecule has 21 heavy (non-hydrogen) atoms. The van der Waals surface area contributed by atoms with Crippen LogP contribution in [0.4, 0.5) is 4.79 Å². The quantitative estimate of drug-likeness (QED) is 0.750. The van der Waals surface area contributed by atoms with E-state index in [1.165, 1.54) is 0 Å². The molecule has 7 heteroatoms. The van der Waals surface area contributed by atoms with Gasteiger partial charge in [0.15, 0.2) is 0 Å². The molecule has 120 valence electrons. The van der Waals surface area contributed by atoms with Gasteiger partial charge in [0.25, 0.3) is 0 Å². The first-order valence-electron chi connectivity index (χ1n) is 7.29. The summed E-state index contributed by atoms with van der Waals surface area (Å²) in [5, 5.41) is 0. The van der Waals surface area contributed by atoms with Crippen LogP contribution in [0, 0.1) is 5.92 Å². The summed E-state index contributed by atoms with van der Waals surface area (Å²) in [6, 6.07) is 0. The molecule has 0 aliphatic carbocycles. The largest absolute Gasteiger partial charge is 0.444 e. The maximum atomic E-state index is 11.9. The van der Waals surface area contributed by atoms with Crippen LogP contribution in [0.1, 0.15) is 47.0 Å². The molecule has 0 unspecified atom stereocenters. The van der Waals surface area contributed by atoms with Crippen LogP contribution in [-0.4, -0.2) is 41.5 Å². The number of nitrogens with zero attached hydrogens (tertiary/aromatic N) is 1. The van der Waals surface area contributed by atoms with Crippen molar-refractivity contribution in [2.75, 3.05) is 13.1 Å². The number of ether oxygens (including phenoxy) is 1. The summed E-state index contributed by atoms with van der Waals surface area (Å²) in [5.74, 6) is -0.629. The summed E-state index contributed by atoms with van der Waals surface area (Å²) in [6.07, 6.45) is 1.10. The van der Waals surface area contributed by atoms with Gasteiger partial charge in [-0.25, -0.2) is 4.79 Å². The highest BCUT2D eigenvalue weighted by atomic mass is 16.6. The molecule has 0 radical (unpaired) electrons. The Morgan fingerprint density at radius 2 is 1.71 bits per heavy atom. The number of piperidine rings is 1. The van der Waals surface area contributed by atoms with E-state index in [0.717, 1.165) is 0 Å². The summed E-state index contributed by atoms with van der Waals surface area (Å²) in [7, 11) is 0. The minimum Gasteiger partial charge on any atom is -0.444 e. The van der Waals surface area contributed by atoms with Crippen LogP contribution >= 0.6 is 0 Å². The first kappa shape index (κ1) is 17.3. The van der Waals surface area contributed by atoms with Crippen molar-refractivity contribution in [3.63, 3.8) is 0 Å². The number of carbonyl (C=O) groups excluding carboxylic acids is 3. The van der Waals surface area contributed by atoms with E-state index in [2.05, 4.69) is 10.9 Å². The van der Waals surface area contributed by atoms with Gasteiger partial charge in [0.05, 0.1) is 0 Å². The Bertz CT molecular complexity index is 396. The molecule has 0 bridgehead atoms. The Hall–Kier alpha value is -1.79. The smallest absolute Gasteiger partial charge is 0.410 e. The van der Waals surface area contributed by atoms with Crippen molar-refractivity contribution in [2.45, 2.75) is 52.6 Å². The first-order chi connectivity index (χ1) is 9.73. The molecule has 3 amide bonds. The van der Waals surface area contributed by atoms with E-state index in [4.69, 9.17) is 4.74 Å². The van der Waals surface area contributed by atoms with Crippen LogP contribution in [0.25, 0.3) is 0 Å². The number of amides is 3. The van der Waals surface area contributed by atoms with Crippen molar-refractivity contribution in [3.05, 3.63) is 0 Å². The van der Waals surface area contributed by atoms with Gasteiger partial charge < -0.3 is 9.64 Å². The molecule has 1 heterocycles. The Morgan fingerprint density at radius 1 is 1.14 bits per heavy atom. The molecule has 1 saturated heterocycles. The Balaban J connectivity index is 2.36. The fraction of sp³-hybridized carbons (Fsp3) is 0.786. The average molecular weight is 299 g/mol. The monoisotopic (exact) mass is 299 g/mol. The second-order valence-corrected chi connectivity index (χ2v) is 6.13. The number of likely N-dealkylation sites (tertiary alicyclic amines) is 1. The number of rotatable bonds is 2. The third-order valence-electron chi connectivity index (χ3n) is 3.16. The van der Waals surface area contributed by atoms with E-state index < -0.39 is 5.60 Å². The second kappa shape index (κ2) is 7.28. The number of carbonyl (C=O) groups is 3. The zero-order valence-electron chi connectivity index (χ0n) is 13.2. The molecule has 7 nitrogen and oxygen atoms in total. The Labute approximate surface area is 125 Å². The van der Waals surface area contributed by atoms with Gasteiger partial charge in [0.2, 0.25) is 11.8 Å². The van der Waals surface area contributed by atoms with Gasteiger partial charge in [-0.2, -0.15) is 0 Å². The SMILES string of the molecule is CCC(=O)NNC(=O)C1CCN(C(=O)OC(C)(C)C)CC1. The second-order valence-electron chi connectivity index (χ2n) is 6.13. The van der Waals surface area contributed by atoms with Gasteiger partial charge in [0.1, 0.15) is 5.60 Å². The lowest BCUT2D eigenvalue weighted by molar-refractivity contribution is -0.132. The highest BCUT2D eigenvalue weighted by Gasteiger charge is 2.29. The highest BCUT2D eigenvalue weighted by molar-refractivity contribution is 5.83. The molecule has 1 aliphatic rings. The van der Waals surface area contributed by atoms with Crippen LogP contribution in [0.15, 0.2) is 0 Å². The number of hydrogen-bond donors (Lipinski definition) is 2. The minimum atomic E-state index is -0.518. The molecule has 0 atom stereocenters. The fourth-order valence-electron chi connectivity index (χ4n) is 1.97. The molecule has 2 N–H and O–H groups in total. The van der Waals surface area contributed by atoms with E-state index >= 15 is 0 Å². The maximum absolute atomic E-state index is 11.9. The Kier molecular flexibility index (Phi) is 5.99. The van der Waals surface area contributed by atoms with Crippen molar-refractivity contribution in [1.29, 1.82) is 0 Å². The van der Waals surface area contributed by atoms with Crippen LogP contribution in [0.2, 0.25) is 0 Å². The third kappa shape index (κ3) is 6.01. The molecule has 1 aliphatic heterocycles. The van der Waals surface area contributed by atoms with Crippen molar-refractivity contribution in [1.82, 2.24) is 15.8 Å². The van der Waals surface area contributed by atoms with E-state index in [0.29, 0.717) is 32.4 Å². The van der Waals surface area contributed by atoms with Crippen molar-refractivity contribution < 1.29 is 19.1 Å². The number of hydrogen-bond acceptors (Lipinski definition) is 4. The van der Waals surface area contributed by atoms with Crippen molar-refractivity contribution in [2.24, 2.45) is 5.92 Å². The van der Waals surface area contributed by atoms with E-state index in [1.54, 1.807) is 11.8 Å². The van der Waals surface area contributed by atoms with Gasteiger partial charge in [0, 0.05) is 25.4 Å². The van der Waals surface area contributed by atoms with E-state index in [-0.39, 0.29) is 23.8 Å². The summed E-state index contributed by atoms with van der Waals surface area (Å²) < 4.78 is 5.30. The zero-order valence-corrected chi connectivity index (χ0v) is 13.2.